The second-order valence-electron chi connectivity index (χ2n) is 24.5. The van der Waals surface area contributed by atoms with Gasteiger partial charge >= 0.3 is 103 Å². The Kier molecular flexibility index (Phi) is 72.9. The van der Waals surface area contributed by atoms with Gasteiger partial charge in [0.2, 0.25) is 0 Å². The van der Waals surface area contributed by atoms with Crippen molar-refractivity contribution < 1.29 is 129 Å². The van der Waals surface area contributed by atoms with Crippen molar-refractivity contribution in [2.45, 2.75) is 108 Å². The Morgan fingerprint density at radius 1 is 0.400 bits per heavy atom. The molecule has 1 N–H and O–H groups in total. The second kappa shape index (κ2) is 75.9. The number of thiophene rings is 8. The number of carbonyl (C=O) groups excluding carboxylic acids is 1. The summed E-state index contributed by atoms with van der Waals surface area (Å²) in [5, 5.41) is 19.5. The standard InChI is InChI=1S/C28H16N2S2.C12H14SSi.C10H6Br2N2.2C9H6S.C7H5BrS.C7H6S.C5H10Si.C4H3BrS.C4H8O.C3H4.CH2O3.CH4O.2K.H/c1-3-5-23-11-13-25(31-23)9-7-21-15-17-29-27(19-21)28-20-22(16-18-30-28)8-10-26-14-12-24(32-26)6-4-2;1-5-6-11-7-8-12(13-11)9-10-14(2,3)4;11-7-1-3-13-9(5-7)10-6-8(12)2-4-14-10;2*1-3-5-9-7-6-8(4-2)10-9;1-2-3-6-4-5-7(8)9-6;1-2-4-7-5-3-6-8-7;1-5-6(2,3)4;5-4-2-1-3-6-4;1-2-4-5-3-1;1-3-2;2-1-4-3;1-2;;;/h11-20H,1-2H3;7-8H,1-4H3;1-6H;2*2,6-7H,1H3;4-5H,1H3;3,5-6H,1H3;1H,2-4H3;1-3H;1-4H2;1H,2H3;1,3H;2H,1H3;;;/q;;;;;;;;;;;;;2*+1;-1/p-1. The average molecular weight is 2140 g/mol. The quantitative estimate of drug-likeness (QED) is 0.0604. The minimum absolute atomic E-state index is 0. The number of rotatable bonds is 3. The number of aliphatic hydroxyl groups excluding tert-OH is 1. The van der Waals surface area contributed by atoms with E-state index in [0.29, 0.717) is 0 Å². The second-order valence-corrected chi connectivity index (χ2v) is 47.0. The summed E-state index contributed by atoms with van der Waals surface area (Å²) in [5.74, 6) is 64.3. The first-order chi connectivity index (χ1) is 59.3. The van der Waals surface area contributed by atoms with Crippen LogP contribution in [0.1, 0.15) is 139 Å². The van der Waals surface area contributed by atoms with Gasteiger partial charge in [-0.05, 0) is 244 Å². The first-order valence-corrected chi connectivity index (χ1v) is 53.3. The van der Waals surface area contributed by atoms with Gasteiger partial charge in [0, 0.05) is 65.2 Å². The first kappa shape index (κ1) is 120. The Balaban J connectivity index is -0.00000139. The van der Waals surface area contributed by atoms with Crippen LogP contribution in [0.15, 0.2) is 198 Å². The van der Waals surface area contributed by atoms with E-state index in [0.717, 1.165) is 125 Å². The van der Waals surface area contributed by atoms with Crippen molar-refractivity contribution >= 4 is 177 Å². The van der Waals surface area contributed by atoms with Crippen molar-refractivity contribution in [2.75, 3.05) is 20.3 Å². The smallest absolute Gasteiger partial charge is 1.00 e. The topological polar surface area (TPSA) is 130 Å². The number of carbonyl (C=O) groups is 1. The van der Waals surface area contributed by atoms with Crippen molar-refractivity contribution in [3.63, 3.8) is 0 Å². The summed E-state index contributed by atoms with van der Waals surface area (Å²) in [6, 6.07) is 47.2. The van der Waals surface area contributed by atoms with Gasteiger partial charge in [0.25, 0.3) is 6.47 Å². The molecule has 0 spiro atoms. The number of halogens is 4. The third kappa shape index (κ3) is 61.2. The number of pyridine rings is 4. The predicted molar refractivity (Wildman–Crippen MR) is 549 cm³/mol. The van der Waals surface area contributed by atoms with E-state index in [-0.39, 0.29) is 111 Å². The molecule has 0 saturated carbocycles. The molecule has 0 amide bonds. The van der Waals surface area contributed by atoms with Crippen molar-refractivity contribution in [3.8, 4) is 190 Å². The van der Waals surface area contributed by atoms with Crippen LogP contribution >= 0.6 is 154 Å². The van der Waals surface area contributed by atoms with E-state index in [9.17, 15) is 0 Å². The molecule has 0 aliphatic carbocycles. The molecule has 1 saturated heterocycles. The maximum Gasteiger partial charge on any atom is 1.00 e. The molecule has 626 valence electrons. The maximum atomic E-state index is 8.64. The predicted octanol–water partition coefficient (Wildman–Crippen LogP) is 19.6. The fourth-order valence-electron chi connectivity index (χ4n) is 7.65. The van der Waals surface area contributed by atoms with Gasteiger partial charge in [-0.25, -0.2) is 0 Å². The minimum Gasteiger partial charge on any atom is -1.00 e. The number of aliphatic hydroxyl groups is 1. The van der Waals surface area contributed by atoms with Crippen molar-refractivity contribution in [1.82, 2.24) is 19.9 Å². The fraction of sp³-hybridized carbons (Fsp3) is 0.190. The Labute approximate surface area is 897 Å². The van der Waals surface area contributed by atoms with Crippen LogP contribution in [0, 0.1) is 167 Å². The van der Waals surface area contributed by atoms with Crippen molar-refractivity contribution in [1.29, 1.82) is 0 Å². The molecule has 9 nitrogen and oxygen atoms in total. The summed E-state index contributed by atoms with van der Waals surface area (Å²) in [7, 11) is -1.34. The van der Waals surface area contributed by atoms with Gasteiger partial charge in [-0.3, -0.25) is 24.7 Å². The molecular formula is C100H90Br4K2N4O5S8Si2. The Morgan fingerprint density at radius 2 is 0.696 bits per heavy atom. The van der Waals surface area contributed by atoms with Gasteiger partial charge < -0.3 is 21.4 Å². The summed E-state index contributed by atoms with van der Waals surface area (Å²) in [4.78, 5) is 41.1. The summed E-state index contributed by atoms with van der Waals surface area (Å²) in [6.07, 6.45) is 29.6. The Hall–Kier alpha value is -6.98. The number of nitrogens with zero attached hydrogens (tertiary/aromatic N) is 4. The molecule has 0 radical (unpaired) electrons. The molecule has 0 aromatic carbocycles. The molecule has 0 bridgehead atoms. The Bertz CT molecular complexity index is 5810. The van der Waals surface area contributed by atoms with E-state index in [1.165, 1.54) is 16.6 Å². The third-order valence-corrected chi connectivity index (χ3v) is 23.8. The number of aromatic nitrogens is 4. The van der Waals surface area contributed by atoms with Crippen LogP contribution in [0.3, 0.4) is 0 Å². The zero-order valence-corrected chi connectivity index (χ0v) is 93.8. The average Bonchev–Trinajstić information content (AvgIpc) is 1.16. The molecule has 1 aliphatic heterocycles. The summed E-state index contributed by atoms with van der Waals surface area (Å²) >= 11 is 26.4. The van der Waals surface area contributed by atoms with Crippen molar-refractivity contribution in [2.24, 2.45) is 0 Å². The summed E-state index contributed by atoms with van der Waals surface area (Å²) < 4.78 is 9.29. The summed E-state index contributed by atoms with van der Waals surface area (Å²) in [5.41, 5.74) is 11.1. The number of ether oxygens (including phenoxy) is 1. The molecule has 0 atom stereocenters. The van der Waals surface area contributed by atoms with Gasteiger partial charge in [-0.2, -0.15) is 0 Å². The molecular weight excluding hydrogens is 2050 g/mol. The van der Waals surface area contributed by atoms with E-state index in [1.807, 2.05) is 199 Å². The normalized spacial score (nSPS) is 9.03. The van der Waals surface area contributed by atoms with Crippen LogP contribution < -0.4 is 108 Å². The molecule has 12 aromatic rings. The fourth-order valence-corrected chi connectivity index (χ4v) is 15.5. The number of hydrogen-bond donors (Lipinski definition) is 1. The van der Waals surface area contributed by atoms with E-state index in [4.69, 9.17) is 39.2 Å². The molecule has 25 heteroatoms. The molecule has 13 heterocycles. The van der Waals surface area contributed by atoms with Crippen LogP contribution in [0.25, 0.3) is 22.8 Å². The van der Waals surface area contributed by atoms with Crippen molar-refractivity contribution in [3.05, 3.63) is 267 Å². The number of terminal acetylenes is 4. The molecule has 125 heavy (non-hydrogen) atoms. The van der Waals surface area contributed by atoms with Gasteiger partial charge in [-0.15, -0.1) is 175 Å². The van der Waals surface area contributed by atoms with Crippen LogP contribution in [-0.4, -0.2) is 68.0 Å². The zero-order chi connectivity index (χ0) is 91.3. The number of hydrogen-bond acceptors (Lipinski definition) is 17. The molecule has 12 aromatic heterocycles. The Morgan fingerprint density at radius 3 is 0.944 bits per heavy atom. The van der Waals surface area contributed by atoms with Gasteiger partial charge in [0.15, 0.2) is 0 Å². The van der Waals surface area contributed by atoms with Crippen LogP contribution in [0.4, 0.5) is 0 Å². The van der Waals surface area contributed by atoms with Crippen LogP contribution in [0.2, 0.25) is 39.3 Å². The van der Waals surface area contributed by atoms with E-state index >= 15 is 0 Å². The first-order valence-electron chi connectivity index (χ1n) is 36.5. The molecule has 13 rings (SSSR count). The van der Waals surface area contributed by atoms with E-state index < -0.39 is 16.1 Å². The minimum atomic E-state index is -1.24. The van der Waals surface area contributed by atoms with Gasteiger partial charge in [0.1, 0.15) is 16.1 Å². The SMILES string of the molecule is Brc1cccs1.Brc1ccnc(-c2cc(Br)ccn2)c1.C#CC.C#C[Si](C)(C)C.C#Cc1ccc(C#CC)s1.C#Cc1ccc(C#CC)s1.C1CCOC1.CC#Cc1ccc(Br)s1.CC#Cc1ccc(C#C[Si](C)(C)C)s1.CC#Cc1ccc(C#Cc2ccnc(-c3cc(C#Cc4ccc(C#CC)s4)ccn3)c2)s1.CC#Cc1cccs1.CO.O=CO[O-].[H-].[K+].[K+]. The maximum absolute atomic E-state index is 8.64. The van der Waals surface area contributed by atoms with Gasteiger partial charge in [-0.1, -0.05) is 166 Å². The zero-order valence-electron chi connectivity index (χ0n) is 73.7. The van der Waals surface area contributed by atoms with E-state index in [2.05, 4.69) is 282 Å². The van der Waals surface area contributed by atoms with Crippen LogP contribution in [-0.2, 0) is 14.4 Å². The third-order valence-electron chi connectivity index (χ3n) is 12.6. The monoisotopic (exact) mass is 2130 g/mol. The van der Waals surface area contributed by atoms with E-state index in [1.54, 1.807) is 122 Å². The summed E-state index contributed by atoms with van der Waals surface area (Å²) in [6.45, 7) is 29.5. The molecule has 1 fully saturated rings. The largest absolute Gasteiger partial charge is 1.00 e. The van der Waals surface area contributed by atoms with Gasteiger partial charge in [0.05, 0.1) is 88.9 Å². The van der Waals surface area contributed by atoms with Crippen LogP contribution in [0.5, 0.6) is 0 Å². The molecule has 0 unspecified atom stereocenters. The molecule has 1 aliphatic rings.